The van der Waals surface area contributed by atoms with Gasteiger partial charge in [-0.15, -0.1) is 0 Å². The van der Waals surface area contributed by atoms with E-state index in [4.69, 9.17) is 19.3 Å². The first-order valence-corrected chi connectivity index (χ1v) is 5.60. The Labute approximate surface area is 91.5 Å². The van der Waals surface area contributed by atoms with Gasteiger partial charge >= 0.3 is 0 Å². The number of rotatable bonds is 6. The van der Waals surface area contributed by atoms with Crippen LogP contribution in [-0.4, -0.2) is 43.9 Å². The summed E-state index contributed by atoms with van der Waals surface area (Å²) in [6.45, 7) is 6.66. The first kappa shape index (κ1) is 12.9. The Morgan fingerprint density at radius 2 is 1.93 bits per heavy atom. The van der Waals surface area contributed by atoms with E-state index in [1.54, 1.807) is 0 Å². The molecule has 15 heavy (non-hydrogen) atoms. The predicted octanol–water partition coefficient (Wildman–Crippen LogP) is 1.17. The first-order chi connectivity index (χ1) is 7.14. The van der Waals surface area contributed by atoms with Crippen LogP contribution in [0.4, 0.5) is 0 Å². The molecule has 0 aromatic heterocycles. The molecule has 0 saturated carbocycles. The van der Waals surface area contributed by atoms with Crippen LogP contribution in [0.15, 0.2) is 0 Å². The molecule has 0 unspecified atom stereocenters. The zero-order chi connectivity index (χ0) is 11.1. The molecule has 0 amide bonds. The molecule has 1 aliphatic heterocycles. The lowest BCUT2D eigenvalue weighted by Crippen LogP contribution is -2.39. The maximum Gasteiger partial charge on any atom is 0.162 e. The van der Waals surface area contributed by atoms with Crippen molar-refractivity contribution >= 4 is 0 Å². The normalized spacial score (nSPS) is 21.8. The fraction of sp³-hybridized carbons (Fsp3) is 1.00. The molecule has 4 heteroatoms. The fourth-order valence-electron chi connectivity index (χ4n) is 1.53. The Kier molecular flexibility index (Phi) is 5.53. The summed E-state index contributed by atoms with van der Waals surface area (Å²) in [7, 11) is 0. The van der Waals surface area contributed by atoms with Gasteiger partial charge in [0.15, 0.2) is 5.79 Å². The monoisotopic (exact) mass is 218 g/mol. The predicted molar refractivity (Wildman–Crippen MR) is 56.6 cm³/mol. The molecule has 1 rings (SSSR count). The zero-order valence-corrected chi connectivity index (χ0v) is 9.70. The third kappa shape index (κ3) is 5.47. The second kappa shape index (κ2) is 6.43. The van der Waals surface area contributed by atoms with E-state index in [0.717, 1.165) is 26.1 Å². The topological polar surface area (TPSA) is 47.9 Å². The number of aliphatic hydroxyl groups excluding tert-OH is 1. The SMILES string of the molecule is CC1(C)OCC(CCCOCCO)CO1. The summed E-state index contributed by atoms with van der Waals surface area (Å²) in [5.74, 6) is 0.0694. The maximum atomic E-state index is 8.51. The zero-order valence-electron chi connectivity index (χ0n) is 9.70. The molecule has 0 aliphatic carbocycles. The Hall–Kier alpha value is -0.160. The van der Waals surface area contributed by atoms with Gasteiger partial charge in [0, 0.05) is 12.5 Å². The highest BCUT2D eigenvalue weighted by atomic mass is 16.7. The molecule has 1 heterocycles. The van der Waals surface area contributed by atoms with Crippen molar-refractivity contribution in [2.75, 3.05) is 33.0 Å². The van der Waals surface area contributed by atoms with Crippen molar-refractivity contribution in [2.24, 2.45) is 5.92 Å². The highest BCUT2D eigenvalue weighted by molar-refractivity contribution is 4.67. The average Bonchev–Trinajstić information content (AvgIpc) is 2.20. The molecule has 0 bridgehead atoms. The van der Waals surface area contributed by atoms with Gasteiger partial charge < -0.3 is 19.3 Å². The minimum Gasteiger partial charge on any atom is -0.394 e. The van der Waals surface area contributed by atoms with E-state index in [1.807, 2.05) is 13.8 Å². The number of aliphatic hydroxyl groups is 1. The minimum atomic E-state index is -0.413. The molecule has 1 N–H and O–H groups in total. The van der Waals surface area contributed by atoms with Gasteiger partial charge in [-0.3, -0.25) is 0 Å². The van der Waals surface area contributed by atoms with Crippen LogP contribution in [0.5, 0.6) is 0 Å². The molecular weight excluding hydrogens is 196 g/mol. The van der Waals surface area contributed by atoms with Crippen LogP contribution >= 0.6 is 0 Å². The fourth-order valence-corrected chi connectivity index (χ4v) is 1.53. The second-order valence-corrected chi connectivity index (χ2v) is 4.37. The van der Waals surface area contributed by atoms with Crippen LogP contribution in [0.2, 0.25) is 0 Å². The van der Waals surface area contributed by atoms with E-state index < -0.39 is 5.79 Å². The summed E-state index contributed by atoms with van der Waals surface area (Å²) in [4.78, 5) is 0. The quantitative estimate of drug-likeness (QED) is 0.680. The van der Waals surface area contributed by atoms with Gasteiger partial charge in [-0.05, 0) is 26.7 Å². The van der Waals surface area contributed by atoms with E-state index in [-0.39, 0.29) is 6.61 Å². The molecule has 4 nitrogen and oxygen atoms in total. The maximum absolute atomic E-state index is 8.51. The van der Waals surface area contributed by atoms with Crippen LogP contribution in [-0.2, 0) is 14.2 Å². The van der Waals surface area contributed by atoms with E-state index in [0.29, 0.717) is 19.1 Å². The molecule has 1 aliphatic rings. The number of hydrogen-bond donors (Lipinski definition) is 1. The summed E-state index contributed by atoms with van der Waals surface area (Å²) in [6, 6.07) is 0. The van der Waals surface area contributed by atoms with E-state index in [9.17, 15) is 0 Å². The van der Waals surface area contributed by atoms with Crippen molar-refractivity contribution in [1.82, 2.24) is 0 Å². The van der Waals surface area contributed by atoms with Crippen molar-refractivity contribution in [3.05, 3.63) is 0 Å². The van der Waals surface area contributed by atoms with Crippen molar-refractivity contribution in [3.8, 4) is 0 Å². The number of hydrogen-bond acceptors (Lipinski definition) is 4. The van der Waals surface area contributed by atoms with Gasteiger partial charge in [0.1, 0.15) is 0 Å². The number of ether oxygens (including phenoxy) is 3. The van der Waals surface area contributed by atoms with Gasteiger partial charge in [0.2, 0.25) is 0 Å². The molecule has 1 saturated heterocycles. The van der Waals surface area contributed by atoms with Gasteiger partial charge in [0.05, 0.1) is 26.4 Å². The average molecular weight is 218 g/mol. The van der Waals surface area contributed by atoms with Gasteiger partial charge in [-0.1, -0.05) is 0 Å². The third-order valence-electron chi connectivity index (χ3n) is 2.47. The Morgan fingerprint density at radius 1 is 1.27 bits per heavy atom. The van der Waals surface area contributed by atoms with Crippen LogP contribution in [0.1, 0.15) is 26.7 Å². The van der Waals surface area contributed by atoms with Crippen LogP contribution in [0, 0.1) is 5.92 Å². The second-order valence-electron chi connectivity index (χ2n) is 4.37. The van der Waals surface area contributed by atoms with E-state index >= 15 is 0 Å². The molecule has 0 radical (unpaired) electrons. The highest BCUT2D eigenvalue weighted by Crippen LogP contribution is 2.22. The molecule has 0 spiro atoms. The van der Waals surface area contributed by atoms with E-state index in [1.165, 1.54) is 0 Å². The summed E-state index contributed by atoms with van der Waals surface area (Å²) < 4.78 is 16.3. The van der Waals surface area contributed by atoms with Gasteiger partial charge in [-0.2, -0.15) is 0 Å². The lowest BCUT2D eigenvalue weighted by Gasteiger charge is -2.34. The summed E-state index contributed by atoms with van der Waals surface area (Å²) >= 11 is 0. The molecule has 1 fully saturated rings. The van der Waals surface area contributed by atoms with Crippen LogP contribution in [0.25, 0.3) is 0 Å². The Balaban J connectivity index is 1.99. The minimum absolute atomic E-state index is 0.101. The van der Waals surface area contributed by atoms with Gasteiger partial charge in [0.25, 0.3) is 0 Å². The first-order valence-electron chi connectivity index (χ1n) is 5.60. The van der Waals surface area contributed by atoms with E-state index in [2.05, 4.69) is 0 Å². The summed E-state index contributed by atoms with van der Waals surface area (Å²) in [6.07, 6.45) is 2.05. The van der Waals surface area contributed by atoms with Crippen molar-refractivity contribution < 1.29 is 19.3 Å². The summed E-state index contributed by atoms with van der Waals surface area (Å²) in [5, 5.41) is 8.51. The lowest BCUT2D eigenvalue weighted by molar-refractivity contribution is -0.262. The molecular formula is C11H22O4. The Bertz CT molecular complexity index is 160. The standard InChI is InChI=1S/C11H22O4/c1-11(2)14-8-10(9-15-11)4-3-6-13-7-5-12/h10,12H,3-9H2,1-2H3. The molecule has 0 atom stereocenters. The van der Waals surface area contributed by atoms with Crippen molar-refractivity contribution in [3.63, 3.8) is 0 Å². The highest BCUT2D eigenvalue weighted by Gasteiger charge is 2.27. The lowest BCUT2D eigenvalue weighted by atomic mass is 10.0. The van der Waals surface area contributed by atoms with Crippen LogP contribution < -0.4 is 0 Å². The summed E-state index contributed by atoms with van der Waals surface area (Å²) in [5.41, 5.74) is 0. The van der Waals surface area contributed by atoms with Crippen LogP contribution in [0.3, 0.4) is 0 Å². The smallest absolute Gasteiger partial charge is 0.162 e. The third-order valence-corrected chi connectivity index (χ3v) is 2.47. The molecule has 90 valence electrons. The largest absolute Gasteiger partial charge is 0.394 e. The van der Waals surface area contributed by atoms with Crippen molar-refractivity contribution in [2.45, 2.75) is 32.5 Å². The molecule has 0 aromatic rings. The van der Waals surface area contributed by atoms with Gasteiger partial charge in [-0.25, -0.2) is 0 Å². The molecule has 0 aromatic carbocycles. The van der Waals surface area contributed by atoms with Crippen molar-refractivity contribution in [1.29, 1.82) is 0 Å². The Morgan fingerprint density at radius 3 is 2.53 bits per heavy atom.